The van der Waals surface area contributed by atoms with Crippen molar-refractivity contribution in [3.05, 3.63) is 69.7 Å². The molecule has 0 unspecified atom stereocenters. The van der Waals surface area contributed by atoms with Crippen LogP contribution in [0.4, 0.5) is 0 Å². The van der Waals surface area contributed by atoms with Gasteiger partial charge in [-0.15, -0.1) is 0 Å². The normalized spacial score (nSPS) is 10.8. The van der Waals surface area contributed by atoms with Gasteiger partial charge in [0.1, 0.15) is 5.69 Å². The molecule has 0 spiro atoms. The molecule has 0 saturated heterocycles. The van der Waals surface area contributed by atoms with Crippen molar-refractivity contribution < 1.29 is 18.9 Å². The molecule has 0 aliphatic carbocycles. The molecule has 1 heterocycles. The first-order valence-corrected chi connectivity index (χ1v) is 11.2. The topological polar surface area (TPSA) is 54.7 Å². The molecule has 34 heavy (non-hydrogen) atoms. The standard InChI is InChI=1S/C25H21Cl3N2O4/c1-31-19-9-5-14(11-21(19)33-3)24-23(28)25(15-6-10-20(32-2)22(12-15)34-4)30(29-24)18-13-16(26)7-8-17(18)27/h5-13H,1-4H3. The number of hydrogen-bond donors (Lipinski definition) is 0. The molecule has 0 atom stereocenters. The van der Waals surface area contributed by atoms with Crippen LogP contribution < -0.4 is 18.9 Å². The van der Waals surface area contributed by atoms with Gasteiger partial charge in [-0.2, -0.15) is 5.10 Å². The summed E-state index contributed by atoms with van der Waals surface area (Å²) < 4.78 is 23.4. The monoisotopic (exact) mass is 518 g/mol. The molecule has 4 aromatic rings. The number of benzene rings is 3. The molecule has 1 aromatic heterocycles. The third kappa shape index (κ3) is 4.37. The van der Waals surface area contributed by atoms with Gasteiger partial charge < -0.3 is 18.9 Å². The summed E-state index contributed by atoms with van der Waals surface area (Å²) in [6.45, 7) is 0. The van der Waals surface area contributed by atoms with Crippen molar-refractivity contribution in [1.82, 2.24) is 9.78 Å². The highest BCUT2D eigenvalue weighted by Crippen LogP contribution is 2.43. The Hall–Kier alpha value is -3.06. The predicted molar refractivity (Wildman–Crippen MR) is 136 cm³/mol. The second-order valence-electron chi connectivity index (χ2n) is 7.16. The third-order valence-corrected chi connectivity index (χ3v) is 6.19. The fourth-order valence-corrected chi connectivity index (χ4v) is 4.32. The van der Waals surface area contributed by atoms with E-state index in [1.54, 1.807) is 63.5 Å². The predicted octanol–water partition coefficient (Wildman–Crippen LogP) is 7.20. The van der Waals surface area contributed by atoms with Gasteiger partial charge in [0.25, 0.3) is 0 Å². The van der Waals surface area contributed by atoms with Crippen LogP contribution in [0, 0.1) is 0 Å². The summed E-state index contributed by atoms with van der Waals surface area (Å²) in [5.74, 6) is 2.29. The quantitative estimate of drug-likeness (QED) is 0.258. The molecule has 176 valence electrons. The lowest BCUT2D eigenvalue weighted by atomic mass is 10.1. The van der Waals surface area contributed by atoms with Gasteiger partial charge in [0.2, 0.25) is 0 Å². The van der Waals surface area contributed by atoms with Crippen LogP contribution in [0.5, 0.6) is 23.0 Å². The average Bonchev–Trinajstić information content (AvgIpc) is 3.21. The Morgan fingerprint density at radius 2 is 1.21 bits per heavy atom. The summed E-state index contributed by atoms with van der Waals surface area (Å²) in [6, 6.07) is 16.1. The van der Waals surface area contributed by atoms with Crippen molar-refractivity contribution in [2.75, 3.05) is 28.4 Å². The van der Waals surface area contributed by atoms with Crippen LogP contribution in [-0.2, 0) is 0 Å². The number of rotatable bonds is 7. The Balaban J connectivity index is 2.00. The van der Waals surface area contributed by atoms with E-state index in [-0.39, 0.29) is 0 Å². The molecule has 9 heteroatoms. The van der Waals surface area contributed by atoms with Crippen molar-refractivity contribution in [2.24, 2.45) is 0 Å². The molecule has 0 bridgehead atoms. The van der Waals surface area contributed by atoms with Crippen LogP contribution in [0.3, 0.4) is 0 Å². The van der Waals surface area contributed by atoms with E-state index in [0.29, 0.717) is 55.1 Å². The van der Waals surface area contributed by atoms with Crippen LogP contribution in [0.1, 0.15) is 0 Å². The van der Waals surface area contributed by atoms with E-state index in [0.717, 1.165) is 11.1 Å². The molecule has 0 aliphatic heterocycles. The van der Waals surface area contributed by atoms with Gasteiger partial charge in [-0.3, -0.25) is 0 Å². The molecule has 0 saturated carbocycles. The number of hydrogen-bond acceptors (Lipinski definition) is 5. The van der Waals surface area contributed by atoms with E-state index in [1.807, 2.05) is 24.3 Å². The van der Waals surface area contributed by atoms with Crippen molar-refractivity contribution in [1.29, 1.82) is 0 Å². The molecule has 0 fully saturated rings. The van der Waals surface area contributed by atoms with E-state index in [2.05, 4.69) is 0 Å². The third-order valence-electron chi connectivity index (χ3n) is 5.28. The molecule has 6 nitrogen and oxygen atoms in total. The van der Waals surface area contributed by atoms with Crippen LogP contribution in [0.15, 0.2) is 54.6 Å². The maximum atomic E-state index is 6.98. The number of aromatic nitrogens is 2. The van der Waals surface area contributed by atoms with Gasteiger partial charge in [0.15, 0.2) is 23.0 Å². The van der Waals surface area contributed by atoms with Crippen LogP contribution in [0.25, 0.3) is 28.2 Å². The highest BCUT2D eigenvalue weighted by molar-refractivity contribution is 6.36. The zero-order valence-electron chi connectivity index (χ0n) is 18.9. The minimum absolute atomic E-state index is 0.412. The number of nitrogens with zero attached hydrogens (tertiary/aromatic N) is 2. The zero-order valence-corrected chi connectivity index (χ0v) is 21.1. The van der Waals surface area contributed by atoms with Gasteiger partial charge in [-0.05, 0) is 54.6 Å². The van der Waals surface area contributed by atoms with E-state index >= 15 is 0 Å². The SMILES string of the molecule is COc1ccc(-c2nn(-c3cc(Cl)ccc3Cl)c(-c3ccc(OC)c(OC)c3)c2Cl)cc1OC. The minimum Gasteiger partial charge on any atom is -0.493 e. The first kappa shape index (κ1) is 24.1. The summed E-state index contributed by atoms with van der Waals surface area (Å²) in [4.78, 5) is 0. The summed E-state index contributed by atoms with van der Waals surface area (Å²) in [6.07, 6.45) is 0. The van der Waals surface area contributed by atoms with Crippen LogP contribution >= 0.6 is 34.8 Å². The Morgan fingerprint density at radius 3 is 1.79 bits per heavy atom. The Labute approximate surface area is 212 Å². The van der Waals surface area contributed by atoms with Crippen molar-refractivity contribution in [3.63, 3.8) is 0 Å². The van der Waals surface area contributed by atoms with E-state index < -0.39 is 0 Å². The molecule has 3 aromatic carbocycles. The van der Waals surface area contributed by atoms with Crippen molar-refractivity contribution in [3.8, 4) is 51.2 Å². The average molecular weight is 520 g/mol. The smallest absolute Gasteiger partial charge is 0.161 e. The fourth-order valence-electron chi connectivity index (χ4n) is 3.62. The minimum atomic E-state index is 0.412. The Bertz CT molecular complexity index is 1350. The number of halogens is 3. The maximum absolute atomic E-state index is 6.98. The molecule has 0 radical (unpaired) electrons. The van der Waals surface area contributed by atoms with E-state index in [1.165, 1.54) is 0 Å². The molecule has 0 amide bonds. The molecule has 0 N–H and O–H groups in total. The largest absolute Gasteiger partial charge is 0.493 e. The van der Waals surface area contributed by atoms with Crippen LogP contribution in [-0.4, -0.2) is 38.2 Å². The number of ether oxygens (including phenoxy) is 4. The molecular formula is C25H21Cl3N2O4. The van der Waals surface area contributed by atoms with E-state index in [4.69, 9.17) is 58.8 Å². The molecule has 4 rings (SSSR count). The summed E-state index contributed by atoms with van der Waals surface area (Å²) in [5, 5.41) is 6.22. The van der Waals surface area contributed by atoms with Gasteiger partial charge in [-0.25, -0.2) is 4.68 Å². The zero-order chi connectivity index (χ0) is 24.4. The molecular weight excluding hydrogens is 499 g/mol. The Morgan fingerprint density at radius 1 is 0.647 bits per heavy atom. The lowest BCUT2D eigenvalue weighted by molar-refractivity contribution is 0.355. The maximum Gasteiger partial charge on any atom is 0.161 e. The van der Waals surface area contributed by atoms with Crippen molar-refractivity contribution in [2.45, 2.75) is 0 Å². The first-order valence-electron chi connectivity index (χ1n) is 10.1. The number of methoxy groups -OCH3 is 4. The summed E-state index contributed by atoms with van der Waals surface area (Å²) in [7, 11) is 6.30. The highest BCUT2D eigenvalue weighted by atomic mass is 35.5. The summed E-state index contributed by atoms with van der Waals surface area (Å²) >= 11 is 19.8. The van der Waals surface area contributed by atoms with Gasteiger partial charge >= 0.3 is 0 Å². The second-order valence-corrected chi connectivity index (χ2v) is 8.38. The van der Waals surface area contributed by atoms with Crippen LogP contribution in [0.2, 0.25) is 15.1 Å². The highest BCUT2D eigenvalue weighted by Gasteiger charge is 2.23. The molecule has 0 aliphatic rings. The Kier molecular flexibility index (Phi) is 7.12. The van der Waals surface area contributed by atoms with Gasteiger partial charge in [0.05, 0.1) is 49.9 Å². The fraction of sp³-hybridized carbons (Fsp3) is 0.160. The second kappa shape index (κ2) is 10.1. The summed E-state index contributed by atoms with van der Waals surface area (Å²) in [5.41, 5.74) is 3.20. The van der Waals surface area contributed by atoms with Gasteiger partial charge in [-0.1, -0.05) is 34.8 Å². The van der Waals surface area contributed by atoms with E-state index in [9.17, 15) is 0 Å². The lowest BCUT2D eigenvalue weighted by Gasteiger charge is -2.13. The lowest BCUT2D eigenvalue weighted by Crippen LogP contribution is -2.01. The first-order chi connectivity index (χ1) is 16.4. The van der Waals surface area contributed by atoms with Crippen molar-refractivity contribution >= 4 is 34.8 Å². The van der Waals surface area contributed by atoms with Gasteiger partial charge in [0, 0.05) is 16.1 Å².